The highest BCUT2D eigenvalue weighted by Crippen LogP contribution is 2.20. The number of carbonyl (C=O) groups is 2. The Labute approximate surface area is 186 Å². The first kappa shape index (κ1) is 22.2. The van der Waals surface area contributed by atoms with Crippen LogP contribution in [0.4, 0.5) is 5.82 Å². The van der Waals surface area contributed by atoms with Gasteiger partial charge in [-0.3, -0.25) is 9.36 Å². The number of hydrogen-bond donors (Lipinski definition) is 3. The van der Waals surface area contributed by atoms with Gasteiger partial charge in [0.25, 0.3) is 5.91 Å². The largest absolute Gasteiger partial charge is 0.461 e. The van der Waals surface area contributed by atoms with Gasteiger partial charge in [0.15, 0.2) is 17.7 Å². The van der Waals surface area contributed by atoms with E-state index in [1.165, 1.54) is 23.8 Å². The highest BCUT2D eigenvalue weighted by atomic mass is 16.7. The minimum Gasteiger partial charge on any atom is -0.461 e. The molecule has 0 aliphatic carbocycles. The maximum Gasteiger partial charge on any atom is 0.363 e. The van der Waals surface area contributed by atoms with Gasteiger partial charge < -0.3 is 30.1 Å². The summed E-state index contributed by atoms with van der Waals surface area (Å²) in [7, 11) is 1.53. The van der Waals surface area contributed by atoms with E-state index in [0.29, 0.717) is 17.2 Å². The number of rotatable bonds is 8. The zero-order valence-corrected chi connectivity index (χ0v) is 17.7. The van der Waals surface area contributed by atoms with Gasteiger partial charge in [-0.15, -0.1) is 5.06 Å². The lowest BCUT2D eigenvalue weighted by Gasteiger charge is -2.18. The SMILES string of the molecule is COCCOc1nc(N)c2[nH]c(=O)n(Cc3ccc(C(=O)ON4C(=O)CCC4O)cc3)c2n1. The number of methoxy groups -OCH3 is 1. The van der Waals surface area contributed by atoms with Crippen molar-refractivity contribution in [3.05, 3.63) is 45.9 Å². The number of hydroxylamine groups is 2. The molecule has 0 radical (unpaired) electrons. The molecule has 3 heterocycles. The van der Waals surface area contributed by atoms with Crippen LogP contribution in [0.3, 0.4) is 0 Å². The van der Waals surface area contributed by atoms with Crippen LogP contribution < -0.4 is 16.2 Å². The fraction of sp³-hybridized carbons (Fsp3) is 0.350. The molecule has 1 fully saturated rings. The molecule has 1 atom stereocenters. The number of carbonyl (C=O) groups excluding carboxylic acids is 2. The lowest BCUT2D eigenvalue weighted by Crippen LogP contribution is -2.35. The molecule has 1 aromatic carbocycles. The second kappa shape index (κ2) is 9.26. The number of imidazole rings is 1. The molecular formula is C20H22N6O7. The van der Waals surface area contributed by atoms with Gasteiger partial charge in [0, 0.05) is 20.0 Å². The maximum atomic E-state index is 12.5. The first-order chi connectivity index (χ1) is 15.9. The van der Waals surface area contributed by atoms with Crippen molar-refractivity contribution in [2.75, 3.05) is 26.1 Å². The topological polar surface area (TPSA) is 175 Å². The Kier molecular flexibility index (Phi) is 6.24. The number of fused-ring (bicyclic) bond motifs is 1. The Bertz CT molecular complexity index is 1240. The van der Waals surface area contributed by atoms with Gasteiger partial charge in [0.2, 0.25) is 0 Å². The number of nitrogens with two attached hydrogens (primary N) is 1. The predicted octanol–water partition coefficient (Wildman–Crippen LogP) is -0.212. The van der Waals surface area contributed by atoms with Crippen LogP contribution in [-0.4, -0.2) is 68.1 Å². The number of nitrogen functional groups attached to an aromatic ring is 1. The number of anilines is 1. The molecule has 4 rings (SSSR count). The van der Waals surface area contributed by atoms with Crippen LogP contribution in [0.1, 0.15) is 28.8 Å². The molecule has 13 nitrogen and oxygen atoms in total. The van der Waals surface area contributed by atoms with Crippen LogP contribution in [0, 0.1) is 0 Å². The van der Waals surface area contributed by atoms with Crippen molar-refractivity contribution in [2.45, 2.75) is 25.6 Å². The van der Waals surface area contributed by atoms with Gasteiger partial charge >= 0.3 is 17.7 Å². The molecule has 13 heteroatoms. The Morgan fingerprint density at radius 1 is 1.24 bits per heavy atom. The third-order valence-corrected chi connectivity index (χ3v) is 4.99. The van der Waals surface area contributed by atoms with E-state index < -0.39 is 23.8 Å². The number of aromatic nitrogens is 4. The van der Waals surface area contributed by atoms with E-state index in [0.717, 1.165) is 0 Å². The summed E-state index contributed by atoms with van der Waals surface area (Å²) in [4.78, 5) is 52.4. The summed E-state index contributed by atoms with van der Waals surface area (Å²) in [5.41, 5.74) is 6.91. The summed E-state index contributed by atoms with van der Waals surface area (Å²) in [6, 6.07) is 6.26. The first-order valence-electron chi connectivity index (χ1n) is 10.1. The van der Waals surface area contributed by atoms with Crippen molar-refractivity contribution in [3.8, 4) is 6.01 Å². The van der Waals surface area contributed by atoms with E-state index in [1.54, 1.807) is 12.1 Å². The monoisotopic (exact) mass is 458 g/mol. The highest BCUT2D eigenvalue weighted by molar-refractivity contribution is 5.90. The van der Waals surface area contributed by atoms with E-state index >= 15 is 0 Å². The molecule has 3 aromatic rings. The summed E-state index contributed by atoms with van der Waals surface area (Å²) in [5.74, 6) is -1.17. The summed E-state index contributed by atoms with van der Waals surface area (Å²) in [5, 5.41) is 10.4. The van der Waals surface area contributed by atoms with Crippen LogP contribution in [-0.2, 0) is 20.9 Å². The van der Waals surface area contributed by atoms with Crippen molar-refractivity contribution in [1.29, 1.82) is 0 Å². The van der Waals surface area contributed by atoms with Crippen LogP contribution in [0.5, 0.6) is 6.01 Å². The summed E-state index contributed by atoms with van der Waals surface area (Å²) in [6.45, 7) is 0.681. The van der Waals surface area contributed by atoms with Gasteiger partial charge in [-0.05, 0) is 17.7 Å². The van der Waals surface area contributed by atoms with E-state index in [4.69, 9.17) is 20.0 Å². The standard InChI is InChI=1S/C20H22N6O7/c1-31-8-9-32-19-23-16(21)15-17(24-19)25(20(30)22-15)10-11-2-4-12(5-3-11)18(29)33-26-13(27)6-7-14(26)28/h2-5,13,27H,6-10H2,1H3,(H,22,30)(H2,21,23,24). The molecule has 1 aliphatic rings. The predicted molar refractivity (Wildman–Crippen MR) is 113 cm³/mol. The molecule has 1 amide bonds. The number of H-pyrrole nitrogens is 1. The van der Waals surface area contributed by atoms with Gasteiger partial charge in [-0.1, -0.05) is 12.1 Å². The minimum absolute atomic E-state index is 0.0153. The lowest BCUT2D eigenvalue weighted by molar-refractivity contribution is -0.191. The number of aliphatic hydroxyl groups excluding tert-OH is 1. The Hall–Kier alpha value is -3.97. The summed E-state index contributed by atoms with van der Waals surface area (Å²) in [6.07, 6.45) is -0.829. The number of aliphatic hydroxyl groups is 1. The average molecular weight is 458 g/mol. The second-order valence-electron chi connectivity index (χ2n) is 7.26. The third-order valence-electron chi connectivity index (χ3n) is 4.99. The zero-order chi connectivity index (χ0) is 23.5. The van der Waals surface area contributed by atoms with Gasteiger partial charge in [-0.2, -0.15) is 9.97 Å². The molecule has 1 aliphatic heterocycles. The van der Waals surface area contributed by atoms with Crippen LogP contribution in [0.25, 0.3) is 11.2 Å². The van der Waals surface area contributed by atoms with Crippen molar-refractivity contribution >= 4 is 28.9 Å². The smallest absolute Gasteiger partial charge is 0.363 e. The van der Waals surface area contributed by atoms with Gasteiger partial charge in [0.1, 0.15) is 12.1 Å². The summed E-state index contributed by atoms with van der Waals surface area (Å²) >= 11 is 0. The summed E-state index contributed by atoms with van der Waals surface area (Å²) < 4.78 is 11.7. The molecule has 1 unspecified atom stereocenters. The van der Waals surface area contributed by atoms with E-state index in [-0.39, 0.29) is 54.5 Å². The molecule has 174 valence electrons. The van der Waals surface area contributed by atoms with Crippen LogP contribution in [0.15, 0.2) is 29.1 Å². The van der Waals surface area contributed by atoms with Crippen LogP contribution in [0.2, 0.25) is 0 Å². The lowest BCUT2D eigenvalue weighted by atomic mass is 10.1. The Balaban J connectivity index is 1.52. The quantitative estimate of drug-likeness (QED) is 0.383. The molecular weight excluding hydrogens is 436 g/mol. The number of amides is 1. The Morgan fingerprint density at radius 2 is 2.00 bits per heavy atom. The number of ether oxygens (including phenoxy) is 2. The van der Waals surface area contributed by atoms with Crippen molar-refractivity contribution in [2.24, 2.45) is 0 Å². The van der Waals surface area contributed by atoms with Gasteiger partial charge in [0.05, 0.1) is 18.7 Å². The maximum absolute atomic E-state index is 12.5. The Morgan fingerprint density at radius 3 is 2.67 bits per heavy atom. The van der Waals surface area contributed by atoms with Gasteiger partial charge in [-0.25, -0.2) is 9.59 Å². The zero-order valence-electron chi connectivity index (χ0n) is 17.7. The van der Waals surface area contributed by atoms with E-state index in [2.05, 4.69) is 15.0 Å². The number of hydrogen-bond acceptors (Lipinski definition) is 10. The number of nitrogens with one attached hydrogen (secondary N) is 1. The third kappa shape index (κ3) is 4.63. The van der Waals surface area contributed by atoms with E-state index in [1.807, 2.05) is 0 Å². The molecule has 0 bridgehead atoms. The molecule has 0 spiro atoms. The van der Waals surface area contributed by atoms with Crippen molar-refractivity contribution in [3.63, 3.8) is 0 Å². The van der Waals surface area contributed by atoms with Crippen LogP contribution >= 0.6 is 0 Å². The fourth-order valence-corrected chi connectivity index (χ4v) is 3.29. The second-order valence-corrected chi connectivity index (χ2v) is 7.26. The highest BCUT2D eigenvalue weighted by Gasteiger charge is 2.33. The first-order valence-corrected chi connectivity index (χ1v) is 10.1. The number of benzene rings is 1. The molecule has 1 saturated heterocycles. The van der Waals surface area contributed by atoms with E-state index in [9.17, 15) is 19.5 Å². The number of aromatic amines is 1. The number of nitrogens with zero attached hydrogens (tertiary/aromatic N) is 4. The van der Waals surface area contributed by atoms with Crippen molar-refractivity contribution in [1.82, 2.24) is 24.6 Å². The normalized spacial score (nSPS) is 15.9. The molecule has 4 N–H and O–H groups in total. The molecule has 33 heavy (non-hydrogen) atoms. The minimum atomic E-state index is -1.15. The fourth-order valence-electron chi connectivity index (χ4n) is 3.29. The molecule has 2 aromatic heterocycles. The average Bonchev–Trinajstić information content (AvgIpc) is 3.28. The van der Waals surface area contributed by atoms with Crippen molar-refractivity contribution < 1.29 is 29.0 Å². The molecule has 0 saturated carbocycles.